The number of carbonyl (C=O) groups is 9. The predicted molar refractivity (Wildman–Crippen MR) is 639 cm³/mol. The number of hydrogen-bond donors (Lipinski definition) is 3. The number of unbranched alkanes of at least 4 members (excludes halogenated alkanes) is 45. The van der Waals surface area contributed by atoms with Gasteiger partial charge in [-0.25, -0.2) is 0 Å². The monoisotopic (exact) mass is 2250 g/mol. The Hall–Kier alpha value is -1.47. The van der Waals surface area contributed by atoms with Gasteiger partial charge in [0.15, 0.2) is 0 Å². The largest absolute Gasteiger partial charge is 0.465 e. The third-order valence-corrected chi connectivity index (χ3v) is 39.4. The molecule has 21 nitrogen and oxygen atoms in total. The molecule has 0 aliphatic carbocycles. The SMILES string of the molecule is CCCCCCCCCCSSCCOC(=O)CCN(CCCCNC(=O)c1cc(C(=O)NCCCCN(CCC(=O)OCCSSCCCCCCCCCC)CCC(=O)OCCSSCCCCCCCCCC)cc(C(=O)NCCCCN(CCC(=O)OCCSSCCCCCCCCCC)CCC(=O)OCCSSCCCCCCCCCC)c1)CCC(=O)OCCSSCCCCCCCCCC. The third kappa shape index (κ3) is 98.7. The Morgan fingerprint density at radius 2 is 0.333 bits per heavy atom. The van der Waals surface area contributed by atoms with Crippen molar-refractivity contribution in [3.8, 4) is 0 Å². The Balaban J connectivity index is 3.40. The first kappa shape index (κ1) is 141. The summed E-state index contributed by atoms with van der Waals surface area (Å²) in [6, 6.07) is 4.52. The molecule has 0 unspecified atom stereocenters. The van der Waals surface area contributed by atoms with Crippen molar-refractivity contribution in [2.75, 3.05) is 187 Å². The molecule has 0 saturated heterocycles. The average molecular weight is 2250 g/mol. The maximum absolute atomic E-state index is 14.4. The van der Waals surface area contributed by atoms with Crippen LogP contribution in [-0.4, -0.2) is 255 Å². The molecule has 0 atom stereocenters. The molecule has 0 saturated carbocycles. The van der Waals surface area contributed by atoms with Crippen LogP contribution in [0, 0.1) is 0 Å². The Morgan fingerprint density at radius 3 is 0.493 bits per heavy atom. The summed E-state index contributed by atoms with van der Waals surface area (Å²) in [5.74, 6) is 7.65. The number of amides is 3. The smallest absolute Gasteiger partial charge is 0.307 e. The molecule has 3 amide bonds. The first-order valence-corrected chi connectivity index (χ1v) is 72.2. The maximum atomic E-state index is 14.4. The van der Waals surface area contributed by atoms with Gasteiger partial charge in [0, 0.05) is 145 Å². The first-order valence-electron chi connectivity index (χ1n) is 57.3. The molecule has 1 aromatic rings. The minimum absolute atomic E-state index is 0.129. The van der Waals surface area contributed by atoms with Gasteiger partial charge >= 0.3 is 35.8 Å². The van der Waals surface area contributed by atoms with Crippen LogP contribution < -0.4 is 16.0 Å². The number of esters is 6. The summed E-state index contributed by atoms with van der Waals surface area (Å²) >= 11 is 0. The van der Waals surface area contributed by atoms with Gasteiger partial charge in [0.2, 0.25) is 0 Å². The summed E-state index contributed by atoms with van der Waals surface area (Å²) in [6.07, 6.45) is 66.2. The summed E-state index contributed by atoms with van der Waals surface area (Å²) in [7, 11) is 21.5. The Bertz CT molecular complexity index is 2680. The van der Waals surface area contributed by atoms with E-state index >= 15 is 0 Å². The molecule has 0 heterocycles. The number of carbonyl (C=O) groups excluding carboxylic acids is 9. The lowest BCUT2D eigenvalue weighted by molar-refractivity contribution is -0.145. The quantitative estimate of drug-likeness (QED) is 0.0237. The minimum atomic E-state index is -0.467. The van der Waals surface area contributed by atoms with Gasteiger partial charge in [-0.15, -0.1) is 0 Å². The molecule has 840 valence electrons. The van der Waals surface area contributed by atoms with Crippen LogP contribution in [0.1, 0.15) is 458 Å². The van der Waals surface area contributed by atoms with Crippen LogP contribution in [0.2, 0.25) is 0 Å². The number of hydrogen-bond acceptors (Lipinski definition) is 30. The van der Waals surface area contributed by atoms with E-state index < -0.39 is 17.7 Å². The van der Waals surface area contributed by atoms with Crippen molar-refractivity contribution in [3.05, 3.63) is 34.9 Å². The molecule has 0 radical (unpaired) electrons. The highest BCUT2D eigenvalue weighted by Gasteiger charge is 2.21. The molecule has 144 heavy (non-hydrogen) atoms. The van der Waals surface area contributed by atoms with Crippen LogP contribution >= 0.6 is 130 Å². The Labute approximate surface area is 926 Å². The standard InChI is InChI=1S/C111H204N6O15S12/c1-7-13-19-25-31-37-43-55-85-133-139-91-79-127-103(118)61-73-115(74-62-104(119)128-80-92-140-134-86-56-44-38-32-26-20-14-8-2)70-52-49-67-112-109(124)100-97-101(110(125)113-68-50-53-71-116(75-63-105(120)129-81-93-141-135-87-57-45-39-33-27-21-15-9-3)76-64-106(121)130-82-94-142-136-88-58-46-40-34-28-22-16-10-4)99-102(98-100)111(126)114-69-51-54-72-117(77-65-107(122)131-83-95-143-137-89-59-47-41-35-29-23-17-11-5)78-66-108(123)132-84-96-144-138-90-60-48-42-36-30-24-18-12-6/h97-99H,7-96H2,1-6H3,(H,112,124)(H,113,125)(H,114,126). The van der Waals surface area contributed by atoms with Gasteiger partial charge in [0.05, 0.1) is 38.5 Å². The van der Waals surface area contributed by atoms with Crippen molar-refractivity contribution < 1.29 is 71.6 Å². The van der Waals surface area contributed by atoms with Crippen molar-refractivity contribution in [1.82, 2.24) is 30.7 Å². The fourth-order valence-electron chi connectivity index (χ4n) is 15.9. The second kappa shape index (κ2) is 113. The summed E-state index contributed by atoms with van der Waals surface area (Å²) in [5.41, 5.74) is 0.388. The van der Waals surface area contributed by atoms with E-state index in [-0.39, 0.29) is 111 Å². The fraction of sp³-hybridized carbons (Fsp3) is 0.865. The van der Waals surface area contributed by atoms with Crippen LogP contribution in [-0.2, 0) is 57.2 Å². The summed E-state index contributed by atoms with van der Waals surface area (Å²) in [5, 5.41) is 9.12. The van der Waals surface area contributed by atoms with Gasteiger partial charge in [0.25, 0.3) is 17.7 Å². The van der Waals surface area contributed by atoms with Crippen molar-refractivity contribution in [2.24, 2.45) is 0 Å². The molecule has 0 aromatic heterocycles. The zero-order valence-corrected chi connectivity index (χ0v) is 101. The highest BCUT2D eigenvalue weighted by molar-refractivity contribution is 8.78. The van der Waals surface area contributed by atoms with Crippen molar-refractivity contribution in [1.29, 1.82) is 0 Å². The van der Waals surface area contributed by atoms with E-state index in [9.17, 15) is 43.2 Å². The van der Waals surface area contributed by atoms with Crippen molar-refractivity contribution in [3.63, 3.8) is 0 Å². The molecule has 3 N–H and O–H groups in total. The lowest BCUT2D eigenvalue weighted by Crippen LogP contribution is -2.32. The van der Waals surface area contributed by atoms with Gasteiger partial charge < -0.3 is 59.1 Å². The van der Waals surface area contributed by atoms with E-state index in [1.165, 1.54) is 326 Å². The number of ether oxygens (including phenoxy) is 6. The summed E-state index contributed by atoms with van der Waals surface area (Å²) < 4.78 is 34.1. The summed E-state index contributed by atoms with van der Waals surface area (Å²) in [4.78, 5) is 129. The van der Waals surface area contributed by atoms with E-state index in [1.807, 2.05) is 64.8 Å². The van der Waals surface area contributed by atoms with E-state index in [1.54, 1.807) is 64.8 Å². The molecule has 0 aliphatic rings. The van der Waals surface area contributed by atoms with Crippen LogP contribution in [0.5, 0.6) is 0 Å². The van der Waals surface area contributed by atoms with Crippen LogP contribution in [0.4, 0.5) is 0 Å². The summed E-state index contributed by atoms with van der Waals surface area (Å²) in [6.45, 7) is 20.3. The Kier molecular flexibility index (Phi) is 110. The van der Waals surface area contributed by atoms with E-state index in [4.69, 9.17) is 28.4 Å². The molecule has 0 spiro atoms. The number of nitrogens with zero attached hydrogens (tertiary/aromatic N) is 3. The highest BCUT2D eigenvalue weighted by Crippen LogP contribution is 2.30. The van der Waals surface area contributed by atoms with Gasteiger partial charge in [-0.05, 0) is 115 Å². The van der Waals surface area contributed by atoms with Gasteiger partial charge in [0.1, 0.15) is 39.6 Å². The fourth-order valence-corrected chi connectivity index (χ4v) is 27.7. The van der Waals surface area contributed by atoms with Crippen molar-refractivity contribution in [2.45, 2.75) is 427 Å². The molecular weight excluding hydrogens is 2040 g/mol. The second-order valence-electron chi connectivity index (χ2n) is 37.7. The minimum Gasteiger partial charge on any atom is -0.465 e. The van der Waals surface area contributed by atoms with Crippen LogP contribution in [0.3, 0.4) is 0 Å². The highest BCUT2D eigenvalue weighted by atomic mass is 33.1. The molecule has 0 bridgehead atoms. The third-order valence-electron chi connectivity index (χ3n) is 24.6. The zero-order valence-electron chi connectivity index (χ0n) is 91.2. The molecule has 0 aliphatic heterocycles. The molecule has 33 heteroatoms. The molecule has 0 fully saturated rings. The van der Waals surface area contributed by atoms with Gasteiger partial charge in [-0.2, -0.15) is 0 Å². The topological polar surface area (TPSA) is 255 Å². The van der Waals surface area contributed by atoms with Gasteiger partial charge in [-0.3, -0.25) is 43.2 Å². The van der Waals surface area contributed by atoms with Crippen LogP contribution in [0.15, 0.2) is 18.2 Å². The first-order chi connectivity index (χ1) is 70.7. The number of rotatable bonds is 114. The normalized spacial score (nSPS) is 11.5. The lowest BCUT2D eigenvalue weighted by atomic mass is 10.0. The molecule has 1 rings (SSSR count). The molecule has 1 aromatic carbocycles. The van der Waals surface area contributed by atoms with E-state index in [2.05, 4.69) is 72.2 Å². The van der Waals surface area contributed by atoms with E-state index in [0.717, 1.165) is 34.5 Å². The number of nitrogens with one attached hydrogen (secondary N) is 3. The average Bonchev–Trinajstić information content (AvgIpc) is 0.824. The predicted octanol–water partition coefficient (Wildman–Crippen LogP) is 30.9. The number of benzene rings is 1. The van der Waals surface area contributed by atoms with Crippen LogP contribution in [0.25, 0.3) is 0 Å². The Morgan fingerprint density at radius 1 is 0.188 bits per heavy atom. The van der Waals surface area contributed by atoms with E-state index in [0.29, 0.717) is 172 Å². The van der Waals surface area contributed by atoms with Gasteiger partial charge in [-0.1, -0.05) is 441 Å². The van der Waals surface area contributed by atoms with Crippen molar-refractivity contribution >= 4 is 183 Å². The molecular formula is C111H204N6O15S12. The zero-order chi connectivity index (χ0) is 104. The lowest BCUT2D eigenvalue weighted by Gasteiger charge is -2.22. The maximum Gasteiger partial charge on any atom is 0.307 e. The second-order valence-corrected chi connectivity index (χ2v) is 54.0.